The summed E-state index contributed by atoms with van der Waals surface area (Å²) in [4.78, 5) is 16.6. The van der Waals surface area contributed by atoms with E-state index in [1.54, 1.807) is 6.92 Å². The average molecular weight is 351 g/mol. The van der Waals surface area contributed by atoms with Gasteiger partial charge in [-0.25, -0.2) is 0 Å². The number of benzene rings is 2. The number of anilines is 1. The first kappa shape index (κ1) is 17.7. The molecule has 0 radical (unpaired) electrons. The minimum absolute atomic E-state index is 0.113. The summed E-state index contributed by atoms with van der Waals surface area (Å²) in [6, 6.07) is 13.4. The molecule has 1 unspecified atom stereocenters. The van der Waals surface area contributed by atoms with E-state index < -0.39 is 6.10 Å². The normalized spacial score (nSPS) is 11.8. The molecule has 6 nitrogen and oxygen atoms in total. The van der Waals surface area contributed by atoms with Crippen LogP contribution >= 0.6 is 0 Å². The first-order chi connectivity index (χ1) is 12.4. The smallest absolute Gasteiger partial charge is 0.270 e. The predicted molar refractivity (Wildman–Crippen MR) is 99.1 cm³/mol. The number of amides is 1. The van der Waals surface area contributed by atoms with Gasteiger partial charge in [0.05, 0.1) is 0 Å². The van der Waals surface area contributed by atoms with Crippen LogP contribution in [0.3, 0.4) is 0 Å². The Morgan fingerprint density at radius 2 is 1.85 bits per heavy atom. The zero-order valence-electron chi connectivity index (χ0n) is 15.2. The molecule has 26 heavy (non-hydrogen) atoms. The third kappa shape index (κ3) is 3.91. The van der Waals surface area contributed by atoms with Crippen LogP contribution in [0.5, 0.6) is 5.75 Å². The molecule has 1 amide bonds. The van der Waals surface area contributed by atoms with Crippen LogP contribution in [0.15, 0.2) is 47.0 Å². The van der Waals surface area contributed by atoms with Crippen LogP contribution in [0.25, 0.3) is 11.5 Å². The Labute approximate surface area is 152 Å². The lowest BCUT2D eigenvalue weighted by Crippen LogP contribution is -2.30. The number of ether oxygens (including phenoxy) is 1. The van der Waals surface area contributed by atoms with E-state index in [0.29, 0.717) is 11.6 Å². The Balaban J connectivity index is 1.66. The maximum Gasteiger partial charge on any atom is 0.270 e. The Morgan fingerprint density at radius 1 is 1.12 bits per heavy atom. The number of aryl methyl sites for hydroxylation is 2. The van der Waals surface area contributed by atoms with Crippen molar-refractivity contribution in [2.75, 3.05) is 5.32 Å². The highest BCUT2D eigenvalue weighted by atomic mass is 16.5. The van der Waals surface area contributed by atoms with Crippen molar-refractivity contribution >= 4 is 11.9 Å². The van der Waals surface area contributed by atoms with Gasteiger partial charge in [0.1, 0.15) is 5.75 Å². The lowest BCUT2D eigenvalue weighted by Gasteiger charge is -2.16. The van der Waals surface area contributed by atoms with E-state index in [2.05, 4.69) is 15.5 Å². The van der Waals surface area contributed by atoms with Crippen LogP contribution in [-0.2, 0) is 4.79 Å². The number of rotatable bonds is 5. The van der Waals surface area contributed by atoms with Crippen LogP contribution in [0.1, 0.15) is 23.6 Å². The van der Waals surface area contributed by atoms with E-state index >= 15 is 0 Å². The second-order valence-corrected chi connectivity index (χ2v) is 6.24. The van der Waals surface area contributed by atoms with Crippen molar-refractivity contribution in [3.05, 3.63) is 59.2 Å². The number of aromatic nitrogens is 2. The summed E-state index contributed by atoms with van der Waals surface area (Å²) in [6.45, 7) is 7.64. The highest BCUT2D eigenvalue weighted by Gasteiger charge is 2.19. The highest BCUT2D eigenvalue weighted by Crippen LogP contribution is 2.22. The Hall–Kier alpha value is -3.15. The topological polar surface area (TPSA) is 77.2 Å². The second-order valence-electron chi connectivity index (χ2n) is 6.24. The van der Waals surface area contributed by atoms with E-state index in [0.717, 1.165) is 22.3 Å². The van der Waals surface area contributed by atoms with Gasteiger partial charge in [0.15, 0.2) is 6.10 Å². The van der Waals surface area contributed by atoms with Crippen LogP contribution < -0.4 is 10.1 Å². The van der Waals surface area contributed by atoms with Crippen molar-refractivity contribution < 1.29 is 14.1 Å². The van der Waals surface area contributed by atoms with Gasteiger partial charge in [0.2, 0.25) is 0 Å². The molecule has 3 aromatic rings. The van der Waals surface area contributed by atoms with Crippen molar-refractivity contribution in [3.8, 4) is 17.2 Å². The lowest BCUT2D eigenvalue weighted by molar-refractivity contribution is -0.122. The summed E-state index contributed by atoms with van der Waals surface area (Å²) >= 11 is 0. The fourth-order valence-electron chi connectivity index (χ4n) is 2.40. The average Bonchev–Trinajstić information content (AvgIpc) is 3.08. The molecule has 1 N–H and O–H groups in total. The monoisotopic (exact) mass is 351 g/mol. The minimum Gasteiger partial charge on any atom is -0.481 e. The van der Waals surface area contributed by atoms with E-state index in [1.807, 2.05) is 63.2 Å². The molecule has 1 aromatic heterocycles. The maximum absolute atomic E-state index is 12.3. The zero-order valence-corrected chi connectivity index (χ0v) is 15.2. The van der Waals surface area contributed by atoms with Crippen LogP contribution in [0.2, 0.25) is 0 Å². The number of carbonyl (C=O) groups is 1. The first-order valence-corrected chi connectivity index (χ1v) is 8.38. The summed E-state index contributed by atoms with van der Waals surface area (Å²) in [5, 5.41) is 6.42. The van der Waals surface area contributed by atoms with E-state index in [1.165, 1.54) is 0 Å². The van der Waals surface area contributed by atoms with Gasteiger partial charge in [-0.2, -0.15) is 4.98 Å². The molecule has 0 saturated carbocycles. The van der Waals surface area contributed by atoms with E-state index in [4.69, 9.17) is 9.26 Å². The van der Waals surface area contributed by atoms with Crippen molar-refractivity contribution in [1.29, 1.82) is 0 Å². The molecule has 6 heteroatoms. The SMILES string of the molecule is Cc1ccc(-c2nc(NC(=O)C(C)Oc3cccc(C)c3C)no2)cc1. The van der Waals surface area contributed by atoms with Crippen molar-refractivity contribution in [2.45, 2.75) is 33.8 Å². The van der Waals surface area contributed by atoms with Crippen molar-refractivity contribution in [2.24, 2.45) is 0 Å². The molecular weight excluding hydrogens is 330 g/mol. The molecule has 3 rings (SSSR count). The summed E-state index contributed by atoms with van der Waals surface area (Å²) in [6.07, 6.45) is -0.697. The Bertz CT molecular complexity index is 916. The molecule has 0 aliphatic carbocycles. The minimum atomic E-state index is -0.697. The number of carbonyl (C=O) groups excluding carboxylic acids is 1. The second kappa shape index (κ2) is 7.39. The van der Waals surface area contributed by atoms with Crippen LogP contribution in [-0.4, -0.2) is 22.2 Å². The van der Waals surface area contributed by atoms with Crippen LogP contribution in [0, 0.1) is 20.8 Å². The predicted octanol–water partition coefficient (Wildman–Crippen LogP) is 4.07. The van der Waals surface area contributed by atoms with Gasteiger partial charge in [-0.3, -0.25) is 10.1 Å². The van der Waals surface area contributed by atoms with Gasteiger partial charge in [0, 0.05) is 5.56 Å². The molecule has 0 saturated heterocycles. The molecule has 0 fully saturated rings. The lowest BCUT2D eigenvalue weighted by atomic mass is 10.1. The number of hydrogen-bond acceptors (Lipinski definition) is 5. The molecule has 2 aromatic carbocycles. The summed E-state index contributed by atoms with van der Waals surface area (Å²) < 4.78 is 11.0. The van der Waals surface area contributed by atoms with Gasteiger partial charge in [-0.05, 0) is 62.2 Å². The molecule has 0 spiro atoms. The molecule has 134 valence electrons. The van der Waals surface area contributed by atoms with Gasteiger partial charge in [-0.1, -0.05) is 29.8 Å². The molecule has 0 aliphatic heterocycles. The standard InChI is InChI=1S/C20H21N3O3/c1-12-8-10-16(11-9-12)19-22-20(23-26-19)21-18(24)15(4)25-17-7-5-6-13(2)14(17)3/h5-11,15H,1-4H3,(H,21,23,24). The number of hydrogen-bond donors (Lipinski definition) is 1. The van der Waals surface area contributed by atoms with Crippen molar-refractivity contribution in [3.63, 3.8) is 0 Å². The molecular formula is C20H21N3O3. The van der Waals surface area contributed by atoms with Gasteiger partial charge < -0.3 is 9.26 Å². The fraction of sp³-hybridized carbons (Fsp3) is 0.250. The largest absolute Gasteiger partial charge is 0.481 e. The highest BCUT2D eigenvalue weighted by molar-refractivity contribution is 5.92. The molecule has 1 heterocycles. The third-order valence-corrected chi connectivity index (χ3v) is 4.19. The third-order valence-electron chi connectivity index (χ3n) is 4.19. The molecule has 0 aliphatic rings. The number of nitrogens with zero attached hydrogens (tertiary/aromatic N) is 2. The van der Waals surface area contributed by atoms with Gasteiger partial charge in [0.25, 0.3) is 17.7 Å². The summed E-state index contributed by atoms with van der Waals surface area (Å²) in [5.41, 5.74) is 4.05. The maximum atomic E-state index is 12.3. The Morgan fingerprint density at radius 3 is 2.58 bits per heavy atom. The first-order valence-electron chi connectivity index (χ1n) is 8.38. The zero-order chi connectivity index (χ0) is 18.7. The quantitative estimate of drug-likeness (QED) is 0.750. The Kier molecular flexibility index (Phi) is 5.02. The van der Waals surface area contributed by atoms with E-state index in [-0.39, 0.29) is 11.9 Å². The summed E-state index contributed by atoms with van der Waals surface area (Å²) in [5.74, 6) is 0.800. The fourth-order valence-corrected chi connectivity index (χ4v) is 2.40. The number of nitrogens with one attached hydrogen (secondary N) is 1. The van der Waals surface area contributed by atoms with Crippen LogP contribution in [0.4, 0.5) is 5.95 Å². The van der Waals surface area contributed by atoms with Gasteiger partial charge in [-0.15, -0.1) is 0 Å². The van der Waals surface area contributed by atoms with E-state index in [9.17, 15) is 4.79 Å². The summed E-state index contributed by atoms with van der Waals surface area (Å²) in [7, 11) is 0. The molecule has 0 bridgehead atoms. The molecule has 1 atom stereocenters. The van der Waals surface area contributed by atoms with Crippen molar-refractivity contribution in [1.82, 2.24) is 10.1 Å². The van der Waals surface area contributed by atoms with Gasteiger partial charge >= 0.3 is 0 Å².